The van der Waals surface area contributed by atoms with Crippen LogP contribution in [0, 0.1) is 0 Å². The molecule has 1 aromatic carbocycles. The van der Waals surface area contributed by atoms with E-state index in [0.29, 0.717) is 5.75 Å². The number of nitrogens with zero attached hydrogens (tertiary/aromatic N) is 3. The van der Waals surface area contributed by atoms with Crippen molar-refractivity contribution in [1.29, 1.82) is 0 Å². The van der Waals surface area contributed by atoms with Crippen LogP contribution in [-0.2, 0) is 21.4 Å². The summed E-state index contributed by atoms with van der Waals surface area (Å²) >= 11 is 0. The molecule has 0 saturated heterocycles. The third kappa shape index (κ3) is 5.57. The zero-order chi connectivity index (χ0) is 22.0. The zero-order valence-electron chi connectivity index (χ0n) is 18.1. The molecular formula is C20H30N4O4S. The Hall–Kier alpha value is -2.39. The van der Waals surface area contributed by atoms with Gasteiger partial charge in [0.15, 0.2) is 0 Å². The first-order chi connectivity index (χ1) is 13.3. The Morgan fingerprint density at radius 1 is 1.24 bits per heavy atom. The lowest BCUT2D eigenvalue weighted by atomic mass is 10.0. The van der Waals surface area contributed by atoms with E-state index in [1.165, 1.54) is 4.90 Å². The van der Waals surface area contributed by atoms with Crippen LogP contribution < -0.4 is 9.46 Å². The predicted octanol–water partition coefficient (Wildman–Crippen LogP) is 2.43. The van der Waals surface area contributed by atoms with E-state index in [1.54, 1.807) is 72.0 Å². The lowest BCUT2D eigenvalue weighted by Crippen LogP contribution is -2.40. The maximum atomic E-state index is 12.5. The number of benzene rings is 1. The molecule has 0 aliphatic carbocycles. The fraction of sp³-hybridized carbons (Fsp3) is 0.500. The van der Waals surface area contributed by atoms with Gasteiger partial charge in [-0.2, -0.15) is 5.10 Å². The Morgan fingerprint density at radius 2 is 1.90 bits per heavy atom. The van der Waals surface area contributed by atoms with Gasteiger partial charge in [0.25, 0.3) is 0 Å². The summed E-state index contributed by atoms with van der Waals surface area (Å²) in [6.45, 7) is 6.90. The topological polar surface area (TPSA) is 93.5 Å². The van der Waals surface area contributed by atoms with Gasteiger partial charge in [-0.25, -0.2) is 13.1 Å². The highest BCUT2D eigenvalue weighted by molar-refractivity contribution is 7.90. The van der Waals surface area contributed by atoms with Crippen LogP contribution in [0.1, 0.15) is 39.3 Å². The molecule has 2 rings (SSSR count). The average molecular weight is 423 g/mol. The van der Waals surface area contributed by atoms with E-state index in [4.69, 9.17) is 4.74 Å². The summed E-state index contributed by atoms with van der Waals surface area (Å²) in [7, 11) is 1.44. The van der Waals surface area contributed by atoms with Crippen molar-refractivity contribution in [3.63, 3.8) is 0 Å². The molecule has 1 N–H and O–H groups in total. The molecule has 0 aliphatic rings. The summed E-state index contributed by atoms with van der Waals surface area (Å²) in [5.74, 6) is 0.549. The zero-order valence-corrected chi connectivity index (χ0v) is 18.9. The molecule has 29 heavy (non-hydrogen) atoms. The van der Waals surface area contributed by atoms with Crippen molar-refractivity contribution in [3.05, 3.63) is 36.2 Å². The van der Waals surface area contributed by atoms with Crippen LogP contribution in [-0.4, -0.2) is 55.0 Å². The van der Waals surface area contributed by atoms with Gasteiger partial charge in [0.2, 0.25) is 15.9 Å². The maximum Gasteiger partial charge on any atom is 0.243 e. The van der Waals surface area contributed by atoms with E-state index >= 15 is 0 Å². The summed E-state index contributed by atoms with van der Waals surface area (Å²) in [5.41, 5.74) is 2.40. The molecule has 0 unspecified atom stereocenters. The second-order valence-electron chi connectivity index (χ2n) is 8.16. The number of amides is 1. The highest BCUT2D eigenvalue weighted by atomic mass is 32.2. The summed E-state index contributed by atoms with van der Waals surface area (Å²) < 4.78 is 33.8. The number of carbonyl (C=O) groups is 1. The number of hydrogen-bond acceptors (Lipinski definition) is 5. The maximum absolute atomic E-state index is 12.5. The van der Waals surface area contributed by atoms with Crippen molar-refractivity contribution < 1.29 is 17.9 Å². The molecule has 1 aromatic heterocycles. The van der Waals surface area contributed by atoms with Crippen molar-refractivity contribution in [2.45, 2.75) is 45.0 Å². The molecule has 160 valence electrons. The molecule has 0 bridgehead atoms. The number of ether oxygens (including phenoxy) is 1. The Bertz CT molecular complexity index is 975. The number of hydrogen-bond donors (Lipinski definition) is 1. The van der Waals surface area contributed by atoms with Crippen LogP contribution in [0.25, 0.3) is 11.1 Å². The quantitative estimate of drug-likeness (QED) is 0.740. The van der Waals surface area contributed by atoms with E-state index in [9.17, 15) is 13.2 Å². The normalized spacial score (nSPS) is 13.2. The second-order valence-corrected chi connectivity index (χ2v) is 10.6. The van der Waals surface area contributed by atoms with Crippen LogP contribution in [0.15, 0.2) is 30.6 Å². The van der Waals surface area contributed by atoms with Crippen LogP contribution in [0.5, 0.6) is 5.75 Å². The average Bonchev–Trinajstić information content (AvgIpc) is 3.08. The molecule has 9 heteroatoms. The molecule has 0 radical (unpaired) electrons. The van der Waals surface area contributed by atoms with Crippen molar-refractivity contribution >= 4 is 15.9 Å². The first-order valence-corrected chi connectivity index (χ1v) is 10.8. The van der Waals surface area contributed by atoms with Gasteiger partial charge in [-0.15, -0.1) is 0 Å². The molecule has 0 aliphatic heterocycles. The van der Waals surface area contributed by atoms with Crippen LogP contribution in [0.2, 0.25) is 0 Å². The summed E-state index contributed by atoms with van der Waals surface area (Å²) in [5, 5.41) is 4.25. The van der Waals surface area contributed by atoms with Gasteiger partial charge in [-0.1, -0.05) is 0 Å². The number of likely N-dealkylation sites (N-methyl/N-ethyl adjacent to an activating group) is 1. The monoisotopic (exact) mass is 422 g/mol. The van der Waals surface area contributed by atoms with Crippen LogP contribution >= 0.6 is 0 Å². The van der Waals surface area contributed by atoms with Gasteiger partial charge < -0.3 is 9.64 Å². The molecular weight excluding hydrogens is 392 g/mol. The first-order valence-electron chi connectivity index (χ1n) is 9.28. The first kappa shape index (κ1) is 22.9. The van der Waals surface area contributed by atoms with Gasteiger partial charge in [0.05, 0.1) is 18.1 Å². The fourth-order valence-corrected chi connectivity index (χ4v) is 3.47. The minimum absolute atomic E-state index is 0.0591. The Morgan fingerprint density at radius 3 is 2.45 bits per heavy atom. The minimum atomic E-state index is -3.51. The number of sulfonamides is 1. The Labute approximate surface area is 172 Å². The van der Waals surface area contributed by atoms with Gasteiger partial charge >= 0.3 is 0 Å². The molecule has 0 spiro atoms. The molecule has 0 saturated carbocycles. The van der Waals surface area contributed by atoms with Gasteiger partial charge in [0, 0.05) is 31.9 Å². The van der Waals surface area contributed by atoms with Crippen LogP contribution in [0.3, 0.4) is 0 Å². The summed E-state index contributed by atoms with van der Waals surface area (Å²) in [6, 6.07) is 5.11. The third-order valence-electron chi connectivity index (χ3n) is 4.57. The standard InChI is InChI=1S/C20H30N4O4S/c1-14(22-29(26,27)20(2,3)4)15-8-16(10-18(9-15)28-7)17-11-21-24(12-17)13-19(25)23(5)6/h8-12,14,22H,13H2,1-7H3/t14-/m1/s1. The molecule has 2 aromatic rings. The molecule has 1 atom stereocenters. The van der Waals surface area contributed by atoms with Gasteiger partial charge in [0.1, 0.15) is 12.3 Å². The third-order valence-corrected chi connectivity index (χ3v) is 6.84. The fourth-order valence-electron chi connectivity index (χ4n) is 2.51. The van der Waals surface area contributed by atoms with E-state index in [1.807, 2.05) is 12.1 Å². The number of aromatic nitrogens is 2. The van der Waals surface area contributed by atoms with Crippen molar-refractivity contribution in [2.75, 3.05) is 21.2 Å². The van der Waals surface area contributed by atoms with Gasteiger partial charge in [-0.3, -0.25) is 9.48 Å². The molecule has 1 heterocycles. The number of carbonyl (C=O) groups excluding carboxylic acids is 1. The highest BCUT2D eigenvalue weighted by Crippen LogP contribution is 2.29. The Kier molecular flexibility index (Phi) is 6.74. The van der Waals surface area contributed by atoms with Crippen molar-refractivity contribution in [1.82, 2.24) is 19.4 Å². The van der Waals surface area contributed by atoms with E-state index in [2.05, 4.69) is 9.82 Å². The predicted molar refractivity (Wildman–Crippen MR) is 113 cm³/mol. The van der Waals surface area contributed by atoms with Crippen molar-refractivity contribution in [2.24, 2.45) is 0 Å². The molecule has 8 nitrogen and oxygen atoms in total. The smallest absolute Gasteiger partial charge is 0.243 e. The molecule has 0 fully saturated rings. The van der Waals surface area contributed by atoms with Crippen molar-refractivity contribution in [3.8, 4) is 16.9 Å². The lowest BCUT2D eigenvalue weighted by Gasteiger charge is -2.24. The molecule has 1 amide bonds. The number of methoxy groups -OCH3 is 1. The van der Waals surface area contributed by atoms with Gasteiger partial charge in [-0.05, 0) is 57.0 Å². The van der Waals surface area contributed by atoms with Crippen LogP contribution in [0.4, 0.5) is 0 Å². The summed E-state index contributed by atoms with van der Waals surface area (Å²) in [6.07, 6.45) is 3.45. The Balaban J connectivity index is 2.34. The minimum Gasteiger partial charge on any atom is -0.497 e. The SMILES string of the molecule is COc1cc(-c2cnn(CC(=O)N(C)C)c2)cc([C@@H](C)NS(=O)(=O)C(C)(C)C)c1. The highest BCUT2D eigenvalue weighted by Gasteiger charge is 2.30. The van der Waals surface area contributed by atoms with E-state index in [0.717, 1.165) is 16.7 Å². The largest absolute Gasteiger partial charge is 0.497 e. The van der Waals surface area contributed by atoms with E-state index in [-0.39, 0.29) is 12.5 Å². The summed E-state index contributed by atoms with van der Waals surface area (Å²) in [4.78, 5) is 13.4. The lowest BCUT2D eigenvalue weighted by molar-refractivity contribution is -0.129. The number of rotatable bonds is 7. The second kappa shape index (κ2) is 8.54. The number of nitrogens with one attached hydrogen (secondary N) is 1. The van der Waals surface area contributed by atoms with E-state index < -0.39 is 20.8 Å².